The highest BCUT2D eigenvalue weighted by Gasteiger charge is 2.35. The summed E-state index contributed by atoms with van der Waals surface area (Å²) >= 11 is 0. The van der Waals surface area contributed by atoms with Crippen LogP contribution in [-0.4, -0.2) is 35.0 Å². The molecule has 1 N–H and O–H groups in total. The molecule has 1 aromatic rings. The lowest BCUT2D eigenvalue weighted by molar-refractivity contribution is -0.152. The Morgan fingerprint density at radius 1 is 1.17 bits per heavy atom. The minimum atomic E-state index is -4.40. The summed E-state index contributed by atoms with van der Waals surface area (Å²) in [4.78, 5) is 24.5. The van der Waals surface area contributed by atoms with E-state index in [0.717, 1.165) is 17.0 Å². The normalized spacial score (nSPS) is 13.5. The first-order valence-electron chi connectivity index (χ1n) is 7.02. The maximum atomic E-state index is 12.5. The molecular formula is C16H20F3NO3. The van der Waals surface area contributed by atoms with Gasteiger partial charge in [-0.3, -0.25) is 4.79 Å². The van der Waals surface area contributed by atoms with Crippen molar-refractivity contribution in [2.24, 2.45) is 5.41 Å². The molecule has 0 saturated heterocycles. The Balaban J connectivity index is 2.89. The second-order valence-corrected chi connectivity index (χ2v) is 6.19. The third-order valence-corrected chi connectivity index (χ3v) is 3.76. The highest BCUT2D eigenvalue weighted by molar-refractivity contribution is 5.86. The van der Waals surface area contributed by atoms with Gasteiger partial charge in [-0.15, -0.1) is 0 Å². The topological polar surface area (TPSA) is 57.6 Å². The minimum Gasteiger partial charge on any atom is -0.480 e. The summed E-state index contributed by atoms with van der Waals surface area (Å²) in [6, 6.07) is 3.63. The molecule has 0 aliphatic heterocycles. The zero-order valence-corrected chi connectivity index (χ0v) is 13.4. The van der Waals surface area contributed by atoms with E-state index in [4.69, 9.17) is 5.11 Å². The Morgan fingerprint density at radius 3 is 2.04 bits per heavy atom. The zero-order valence-electron chi connectivity index (χ0n) is 13.4. The average Bonchev–Trinajstić information content (AvgIpc) is 2.43. The highest BCUT2D eigenvalue weighted by atomic mass is 19.4. The van der Waals surface area contributed by atoms with Gasteiger partial charge in [-0.25, -0.2) is 4.79 Å². The van der Waals surface area contributed by atoms with Crippen LogP contribution in [-0.2, 0) is 22.2 Å². The third kappa shape index (κ3) is 4.71. The molecule has 0 aliphatic rings. The number of benzene rings is 1. The summed E-state index contributed by atoms with van der Waals surface area (Å²) in [7, 11) is 1.40. The minimum absolute atomic E-state index is 0.209. The van der Waals surface area contributed by atoms with Crippen LogP contribution in [0.5, 0.6) is 0 Å². The first-order valence-corrected chi connectivity index (χ1v) is 7.02. The van der Waals surface area contributed by atoms with Crippen LogP contribution in [0.1, 0.15) is 31.9 Å². The fourth-order valence-electron chi connectivity index (χ4n) is 2.22. The molecule has 128 valence electrons. The zero-order chi connectivity index (χ0) is 18.0. The number of carbonyl (C=O) groups is 2. The molecule has 0 aliphatic carbocycles. The fraction of sp³-hybridized carbons (Fsp3) is 0.500. The monoisotopic (exact) mass is 331 g/mol. The number of rotatable bonds is 5. The lowest BCUT2D eigenvalue weighted by Crippen LogP contribution is -2.47. The number of alkyl halides is 3. The van der Waals surface area contributed by atoms with Gasteiger partial charge in [0.05, 0.1) is 5.56 Å². The van der Waals surface area contributed by atoms with Crippen molar-refractivity contribution in [1.29, 1.82) is 0 Å². The summed E-state index contributed by atoms with van der Waals surface area (Å²) in [5, 5.41) is 8.96. The van der Waals surface area contributed by atoms with Gasteiger partial charge in [-0.1, -0.05) is 26.0 Å². The van der Waals surface area contributed by atoms with Crippen molar-refractivity contribution in [1.82, 2.24) is 4.90 Å². The summed E-state index contributed by atoms with van der Waals surface area (Å²) in [5.41, 5.74) is -1.10. The Hall–Kier alpha value is -2.05. The lowest BCUT2D eigenvalue weighted by atomic mass is 9.84. The van der Waals surface area contributed by atoms with Gasteiger partial charge in [0.2, 0.25) is 5.91 Å². The van der Waals surface area contributed by atoms with Crippen LogP contribution in [0.25, 0.3) is 0 Å². The van der Waals surface area contributed by atoms with Gasteiger partial charge in [0.1, 0.15) is 6.04 Å². The molecule has 1 atom stereocenters. The molecule has 1 aromatic carbocycles. The smallest absolute Gasteiger partial charge is 0.416 e. The van der Waals surface area contributed by atoms with Crippen LogP contribution in [0.15, 0.2) is 24.3 Å². The molecule has 1 amide bonds. The lowest BCUT2D eigenvalue weighted by Gasteiger charge is -2.31. The summed E-state index contributed by atoms with van der Waals surface area (Å²) in [6.07, 6.45) is -4.19. The van der Waals surface area contributed by atoms with Gasteiger partial charge in [0, 0.05) is 12.5 Å². The number of carboxylic acids is 1. The third-order valence-electron chi connectivity index (χ3n) is 3.76. The number of carboxylic acid groups (broad SMARTS) is 1. The van der Waals surface area contributed by atoms with E-state index in [1.807, 2.05) is 0 Å². The van der Waals surface area contributed by atoms with E-state index in [9.17, 15) is 22.8 Å². The fourth-order valence-corrected chi connectivity index (χ4v) is 2.22. The predicted molar refractivity (Wildman–Crippen MR) is 78.8 cm³/mol. The molecular weight excluding hydrogens is 311 g/mol. The van der Waals surface area contributed by atoms with Gasteiger partial charge in [-0.2, -0.15) is 13.2 Å². The maximum Gasteiger partial charge on any atom is 0.416 e. The summed E-state index contributed by atoms with van der Waals surface area (Å²) in [5.74, 6) is -1.50. The number of nitrogens with zero attached hydrogens (tertiary/aromatic N) is 1. The molecule has 0 aromatic heterocycles. The van der Waals surface area contributed by atoms with E-state index in [1.165, 1.54) is 26.1 Å². The van der Waals surface area contributed by atoms with Crippen molar-refractivity contribution >= 4 is 11.9 Å². The number of carbonyl (C=O) groups excluding carboxylic acids is 1. The Kier molecular flexibility index (Phi) is 5.45. The largest absolute Gasteiger partial charge is 0.480 e. The number of halogens is 3. The highest BCUT2D eigenvalue weighted by Crippen LogP contribution is 2.31. The van der Waals surface area contributed by atoms with Crippen LogP contribution >= 0.6 is 0 Å². The van der Waals surface area contributed by atoms with Gasteiger partial charge < -0.3 is 10.0 Å². The molecule has 0 saturated carbocycles. The van der Waals surface area contributed by atoms with Gasteiger partial charge in [0.15, 0.2) is 0 Å². The quantitative estimate of drug-likeness (QED) is 0.901. The van der Waals surface area contributed by atoms with E-state index in [1.54, 1.807) is 13.8 Å². The van der Waals surface area contributed by atoms with Gasteiger partial charge in [-0.05, 0) is 31.0 Å². The summed E-state index contributed by atoms with van der Waals surface area (Å²) < 4.78 is 37.6. The maximum absolute atomic E-state index is 12.5. The van der Waals surface area contributed by atoms with Crippen LogP contribution in [0.2, 0.25) is 0 Å². The van der Waals surface area contributed by atoms with Crippen molar-refractivity contribution < 1.29 is 27.9 Å². The van der Waals surface area contributed by atoms with Crippen LogP contribution in [0, 0.1) is 5.41 Å². The molecule has 23 heavy (non-hydrogen) atoms. The van der Waals surface area contributed by atoms with E-state index in [-0.39, 0.29) is 12.3 Å². The second-order valence-electron chi connectivity index (χ2n) is 6.19. The molecule has 7 heteroatoms. The van der Waals surface area contributed by atoms with Crippen molar-refractivity contribution in [3.63, 3.8) is 0 Å². The second kappa shape index (κ2) is 6.60. The number of amides is 1. The van der Waals surface area contributed by atoms with Gasteiger partial charge in [0.25, 0.3) is 0 Å². The molecule has 0 heterocycles. The number of hydrogen-bond acceptors (Lipinski definition) is 2. The Morgan fingerprint density at radius 2 is 1.65 bits per heavy atom. The van der Waals surface area contributed by atoms with Crippen LogP contribution < -0.4 is 0 Å². The first kappa shape index (κ1) is 19.0. The molecule has 0 spiro atoms. The number of aliphatic carboxylic acids is 1. The Labute approximate surface area is 132 Å². The van der Waals surface area contributed by atoms with E-state index < -0.39 is 29.2 Å². The molecule has 4 nitrogen and oxygen atoms in total. The van der Waals surface area contributed by atoms with Crippen molar-refractivity contribution in [3.05, 3.63) is 35.4 Å². The molecule has 0 radical (unpaired) electrons. The van der Waals surface area contributed by atoms with E-state index in [2.05, 4.69) is 0 Å². The van der Waals surface area contributed by atoms with E-state index >= 15 is 0 Å². The van der Waals surface area contributed by atoms with E-state index in [0.29, 0.717) is 5.56 Å². The van der Waals surface area contributed by atoms with Gasteiger partial charge >= 0.3 is 12.1 Å². The number of likely N-dealkylation sites (N-methyl/N-ethyl adjacent to an activating group) is 1. The first-order chi connectivity index (χ1) is 10.4. The standard InChI is InChI=1S/C16H20F3NO3/c1-10(13(21)22)20(4)14(23)15(2,3)9-11-5-7-12(8-6-11)16(17,18)19/h5-8,10H,9H2,1-4H3,(H,21,22). The Bertz CT molecular complexity index is 579. The van der Waals surface area contributed by atoms with Crippen LogP contribution in [0.4, 0.5) is 13.2 Å². The SMILES string of the molecule is CC(C(=O)O)N(C)C(=O)C(C)(C)Cc1ccc(C(F)(F)F)cc1. The van der Waals surface area contributed by atoms with Crippen molar-refractivity contribution in [3.8, 4) is 0 Å². The van der Waals surface area contributed by atoms with Crippen molar-refractivity contribution in [2.75, 3.05) is 7.05 Å². The molecule has 0 fully saturated rings. The average molecular weight is 331 g/mol. The predicted octanol–water partition coefficient (Wildman–Crippen LogP) is 3.21. The molecule has 1 rings (SSSR count). The van der Waals surface area contributed by atoms with Crippen LogP contribution in [0.3, 0.4) is 0 Å². The number of hydrogen-bond donors (Lipinski definition) is 1. The summed E-state index contributed by atoms with van der Waals surface area (Å²) in [6.45, 7) is 4.67. The molecule has 1 unspecified atom stereocenters. The van der Waals surface area contributed by atoms with Crippen molar-refractivity contribution in [2.45, 2.75) is 39.4 Å². The molecule has 0 bridgehead atoms.